The number of aromatic nitrogens is 2. The van der Waals surface area contributed by atoms with Gasteiger partial charge in [-0.2, -0.15) is 4.98 Å². The van der Waals surface area contributed by atoms with E-state index in [1.807, 2.05) is 25.1 Å². The number of nitrogens with zero attached hydrogens (tertiary/aromatic N) is 2. The van der Waals surface area contributed by atoms with Crippen LogP contribution in [0.1, 0.15) is 31.5 Å². The summed E-state index contributed by atoms with van der Waals surface area (Å²) in [6, 6.07) is 10.4. The molecule has 4 nitrogen and oxygen atoms in total. The Morgan fingerprint density at radius 2 is 2.11 bits per heavy atom. The van der Waals surface area contributed by atoms with Crippen molar-refractivity contribution in [2.75, 3.05) is 0 Å². The van der Waals surface area contributed by atoms with Gasteiger partial charge in [0.05, 0.1) is 5.75 Å². The van der Waals surface area contributed by atoms with Crippen LogP contribution in [-0.2, 0) is 12.2 Å². The van der Waals surface area contributed by atoms with Gasteiger partial charge in [-0.3, -0.25) is 0 Å². The molecule has 1 atom stereocenters. The summed E-state index contributed by atoms with van der Waals surface area (Å²) in [5, 5.41) is 3.99. The van der Waals surface area contributed by atoms with Crippen LogP contribution in [0.15, 0.2) is 39.8 Å². The molecule has 2 aromatic rings. The van der Waals surface area contributed by atoms with Crippen LogP contribution in [0.25, 0.3) is 0 Å². The lowest BCUT2D eigenvalue weighted by Gasteiger charge is -2.00. The van der Waals surface area contributed by atoms with E-state index in [-0.39, 0.29) is 6.04 Å². The molecule has 0 spiro atoms. The number of hydrogen-bond donors (Lipinski definition) is 1. The third-order valence-corrected chi connectivity index (χ3v) is 3.68. The standard InChI is InChI=1S/C14H19N3OS/c1-11(15)6-5-9-14-16-13(17-18-14)10-19-12-7-3-2-4-8-12/h2-4,7-8,11H,5-6,9-10,15H2,1H3. The quantitative estimate of drug-likeness (QED) is 0.788. The zero-order chi connectivity index (χ0) is 13.5. The van der Waals surface area contributed by atoms with E-state index in [4.69, 9.17) is 10.3 Å². The van der Waals surface area contributed by atoms with Gasteiger partial charge in [-0.05, 0) is 31.9 Å². The number of benzene rings is 1. The van der Waals surface area contributed by atoms with E-state index in [2.05, 4.69) is 22.3 Å². The number of aryl methyl sites for hydroxylation is 1. The predicted octanol–water partition coefficient (Wildman–Crippen LogP) is 3.03. The minimum atomic E-state index is 0.232. The second-order valence-electron chi connectivity index (χ2n) is 4.58. The Kier molecular flexibility index (Phi) is 5.42. The van der Waals surface area contributed by atoms with Crippen molar-refractivity contribution in [1.29, 1.82) is 0 Å². The molecule has 2 rings (SSSR count). The lowest BCUT2D eigenvalue weighted by atomic mass is 10.1. The molecule has 0 fully saturated rings. The summed E-state index contributed by atoms with van der Waals surface area (Å²) in [6.45, 7) is 2.01. The summed E-state index contributed by atoms with van der Waals surface area (Å²) in [7, 11) is 0. The van der Waals surface area contributed by atoms with Gasteiger partial charge in [-0.1, -0.05) is 23.4 Å². The molecule has 19 heavy (non-hydrogen) atoms. The zero-order valence-corrected chi connectivity index (χ0v) is 11.9. The van der Waals surface area contributed by atoms with Crippen LogP contribution in [0.2, 0.25) is 0 Å². The highest BCUT2D eigenvalue weighted by atomic mass is 32.2. The number of thioether (sulfide) groups is 1. The van der Waals surface area contributed by atoms with E-state index >= 15 is 0 Å². The van der Waals surface area contributed by atoms with Crippen LogP contribution >= 0.6 is 11.8 Å². The summed E-state index contributed by atoms with van der Waals surface area (Å²) >= 11 is 1.71. The Morgan fingerprint density at radius 1 is 1.32 bits per heavy atom. The molecule has 2 N–H and O–H groups in total. The van der Waals surface area contributed by atoms with E-state index in [9.17, 15) is 0 Å². The van der Waals surface area contributed by atoms with E-state index in [1.165, 1.54) is 4.90 Å². The highest BCUT2D eigenvalue weighted by Crippen LogP contribution is 2.20. The summed E-state index contributed by atoms with van der Waals surface area (Å²) in [6.07, 6.45) is 2.78. The molecule has 0 amide bonds. The van der Waals surface area contributed by atoms with Crippen molar-refractivity contribution in [3.63, 3.8) is 0 Å². The van der Waals surface area contributed by atoms with Gasteiger partial charge in [-0.15, -0.1) is 11.8 Å². The Morgan fingerprint density at radius 3 is 2.84 bits per heavy atom. The molecule has 102 valence electrons. The second-order valence-corrected chi connectivity index (χ2v) is 5.62. The lowest BCUT2D eigenvalue weighted by molar-refractivity contribution is 0.369. The minimum absolute atomic E-state index is 0.232. The number of rotatable bonds is 7. The first-order valence-corrected chi connectivity index (χ1v) is 7.47. The first-order chi connectivity index (χ1) is 9.24. The molecule has 5 heteroatoms. The molecule has 0 aliphatic rings. The van der Waals surface area contributed by atoms with Gasteiger partial charge in [0.15, 0.2) is 5.82 Å². The summed E-state index contributed by atoms with van der Waals surface area (Å²) in [4.78, 5) is 5.60. The van der Waals surface area contributed by atoms with Gasteiger partial charge < -0.3 is 10.3 Å². The van der Waals surface area contributed by atoms with Crippen molar-refractivity contribution in [1.82, 2.24) is 10.1 Å². The molecule has 0 bridgehead atoms. The molecule has 1 aromatic carbocycles. The fraction of sp³-hybridized carbons (Fsp3) is 0.429. The second kappa shape index (κ2) is 7.31. The van der Waals surface area contributed by atoms with Crippen molar-refractivity contribution in [3.05, 3.63) is 42.0 Å². The first-order valence-electron chi connectivity index (χ1n) is 6.49. The Balaban J connectivity index is 1.77. The van der Waals surface area contributed by atoms with Gasteiger partial charge in [0.25, 0.3) is 0 Å². The maximum Gasteiger partial charge on any atom is 0.226 e. The number of hydrogen-bond acceptors (Lipinski definition) is 5. The molecule has 0 aliphatic carbocycles. The predicted molar refractivity (Wildman–Crippen MR) is 76.9 cm³/mol. The largest absolute Gasteiger partial charge is 0.339 e. The average Bonchev–Trinajstić information content (AvgIpc) is 2.85. The monoisotopic (exact) mass is 277 g/mol. The van der Waals surface area contributed by atoms with E-state index in [0.717, 1.165) is 30.8 Å². The fourth-order valence-electron chi connectivity index (χ4n) is 1.69. The Hall–Kier alpha value is -1.33. The van der Waals surface area contributed by atoms with Gasteiger partial charge in [0, 0.05) is 17.4 Å². The first kappa shape index (κ1) is 14.1. The summed E-state index contributed by atoms with van der Waals surface area (Å²) in [5.41, 5.74) is 5.70. The maximum atomic E-state index is 5.70. The van der Waals surface area contributed by atoms with Crippen molar-refractivity contribution < 1.29 is 4.52 Å². The van der Waals surface area contributed by atoms with Crippen LogP contribution in [0, 0.1) is 0 Å². The lowest BCUT2D eigenvalue weighted by Crippen LogP contribution is -2.14. The van der Waals surface area contributed by atoms with E-state index in [1.54, 1.807) is 11.8 Å². The number of nitrogens with two attached hydrogens (primary N) is 1. The molecule has 0 saturated carbocycles. The van der Waals surface area contributed by atoms with Crippen LogP contribution in [0.3, 0.4) is 0 Å². The molecular formula is C14H19N3OS. The van der Waals surface area contributed by atoms with Crippen molar-refractivity contribution in [2.24, 2.45) is 5.73 Å². The summed E-state index contributed by atoms with van der Waals surface area (Å²) < 4.78 is 5.22. The van der Waals surface area contributed by atoms with E-state index in [0.29, 0.717) is 5.89 Å². The highest BCUT2D eigenvalue weighted by Gasteiger charge is 2.07. The van der Waals surface area contributed by atoms with E-state index < -0.39 is 0 Å². The summed E-state index contributed by atoms with van der Waals surface area (Å²) in [5.74, 6) is 2.20. The van der Waals surface area contributed by atoms with Gasteiger partial charge >= 0.3 is 0 Å². The van der Waals surface area contributed by atoms with Crippen molar-refractivity contribution in [3.8, 4) is 0 Å². The van der Waals surface area contributed by atoms with Crippen LogP contribution in [0.4, 0.5) is 0 Å². The SMILES string of the molecule is CC(N)CCCc1nc(CSc2ccccc2)no1. The van der Waals surface area contributed by atoms with Gasteiger partial charge in [0.2, 0.25) is 5.89 Å². The molecule has 1 heterocycles. The van der Waals surface area contributed by atoms with Crippen LogP contribution in [-0.4, -0.2) is 16.2 Å². The van der Waals surface area contributed by atoms with Crippen molar-refractivity contribution in [2.45, 2.75) is 42.9 Å². The van der Waals surface area contributed by atoms with Crippen molar-refractivity contribution >= 4 is 11.8 Å². The Labute approximate surface area is 117 Å². The molecule has 0 aliphatic heterocycles. The third kappa shape index (κ3) is 5.04. The average molecular weight is 277 g/mol. The molecule has 1 aromatic heterocycles. The maximum absolute atomic E-state index is 5.70. The smallest absolute Gasteiger partial charge is 0.226 e. The normalized spacial score (nSPS) is 12.5. The molecular weight excluding hydrogens is 258 g/mol. The van der Waals surface area contributed by atoms with Gasteiger partial charge in [-0.25, -0.2) is 0 Å². The molecule has 0 radical (unpaired) electrons. The molecule has 1 unspecified atom stereocenters. The topological polar surface area (TPSA) is 64.9 Å². The van der Waals surface area contributed by atoms with Gasteiger partial charge in [0.1, 0.15) is 0 Å². The Bertz CT molecular complexity index is 484. The highest BCUT2D eigenvalue weighted by molar-refractivity contribution is 7.98. The van der Waals surface area contributed by atoms with Crippen LogP contribution < -0.4 is 5.73 Å². The molecule has 0 saturated heterocycles. The zero-order valence-electron chi connectivity index (χ0n) is 11.1. The van der Waals surface area contributed by atoms with Crippen LogP contribution in [0.5, 0.6) is 0 Å². The minimum Gasteiger partial charge on any atom is -0.339 e. The fourth-order valence-corrected chi connectivity index (χ4v) is 2.45. The third-order valence-electron chi connectivity index (χ3n) is 2.67.